The van der Waals surface area contributed by atoms with Crippen LogP contribution in [0, 0.1) is 23.5 Å². The van der Waals surface area contributed by atoms with Crippen molar-refractivity contribution >= 4 is 62.8 Å². The van der Waals surface area contributed by atoms with E-state index in [0.29, 0.717) is 41.4 Å². The lowest BCUT2D eigenvalue weighted by atomic mass is 9.95. The highest BCUT2D eigenvalue weighted by molar-refractivity contribution is 7.84. The number of anilines is 3. The summed E-state index contributed by atoms with van der Waals surface area (Å²) in [6.07, 6.45) is 6.76. The van der Waals surface area contributed by atoms with Gasteiger partial charge in [0.1, 0.15) is 23.7 Å². The number of piperidine rings is 3. The average molecular weight is 937 g/mol. The lowest BCUT2D eigenvalue weighted by Gasteiger charge is -2.35. The summed E-state index contributed by atoms with van der Waals surface area (Å²) in [6.45, 7) is 5.59. The molecule has 0 aliphatic carbocycles. The number of aromatic amines is 1. The van der Waals surface area contributed by atoms with Gasteiger partial charge in [0.25, 0.3) is 5.91 Å². The number of H-pyrrole nitrogens is 1. The Balaban J connectivity index is 0.689. The molecule has 5 aliphatic heterocycles. The van der Waals surface area contributed by atoms with E-state index in [0.717, 1.165) is 105 Å². The molecular weight excluding hydrogens is 886 g/mol. The maximum Gasteiger partial charge on any atom is 0.255 e. The molecule has 0 spiro atoms. The molecule has 0 saturated carbocycles. The van der Waals surface area contributed by atoms with Crippen LogP contribution in [0.1, 0.15) is 76.8 Å². The first kappa shape index (κ1) is 44.7. The van der Waals surface area contributed by atoms with Crippen LogP contribution in [-0.2, 0) is 32.0 Å². The molecule has 0 bridgehead atoms. The zero-order valence-electron chi connectivity index (χ0n) is 36.8. The van der Waals surface area contributed by atoms with Gasteiger partial charge in [0.15, 0.2) is 17.0 Å². The van der Waals surface area contributed by atoms with Crippen molar-refractivity contribution in [3.05, 3.63) is 107 Å². The Morgan fingerprint density at radius 1 is 0.836 bits per heavy atom. The van der Waals surface area contributed by atoms with E-state index in [1.807, 2.05) is 24.3 Å². The Kier molecular flexibility index (Phi) is 12.6. The number of carbonyl (C=O) groups is 4. The van der Waals surface area contributed by atoms with Crippen LogP contribution in [0.4, 0.5) is 30.2 Å². The maximum atomic E-state index is 15.7. The van der Waals surface area contributed by atoms with Crippen LogP contribution in [0.15, 0.2) is 73.1 Å². The minimum absolute atomic E-state index is 0.0316. The van der Waals surface area contributed by atoms with Crippen molar-refractivity contribution < 1.29 is 41.3 Å². The number of rotatable bonds is 13. The van der Waals surface area contributed by atoms with Crippen LogP contribution in [0.3, 0.4) is 0 Å². The lowest BCUT2D eigenvalue weighted by molar-refractivity contribution is -0.136. The molecule has 5 aromatic rings. The van der Waals surface area contributed by atoms with Gasteiger partial charge in [-0.05, 0) is 110 Å². The van der Waals surface area contributed by atoms with Crippen LogP contribution >= 0.6 is 0 Å². The normalized spacial score (nSPS) is 21.3. The van der Waals surface area contributed by atoms with Gasteiger partial charge in [-0.2, -0.15) is 0 Å². The zero-order valence-corrected chi connectivity index (χ0v) is 37.6. The SMILES string of the molecule is O=C1CCC(N2Cc3cc(N4CCC(COCC5CCN(c6ccc(-c7cnc8[nH]cc(C(=O)c9c(F)ccc(NS(=O)N%10CCC(F)C%10)c9F)c8c7)cc6)CC5)CC4)ccc3C2=O)C(=O)N1. The van der Waals surface area contributed by atoms with Gasteiger partial charge in [0, 0.05) is 111 Å². The molecule has 4 saturated heterocycles. The second-order valence-corrected chi connectivity index (χ2v) is 19.5. The van der Waals surface area contributed by atoms with Gasteiger partial charge in [-0.3, -0.25) is 29.2 Å². The van der Waals surface area contributed by atoms with Crippen molar-refractivity contribution in [1.29, 1.82) is 0 Å². The summed E-state index contributed by atoms with van der Waals surface area (Å²) >= 11 is -1.98. The van der Waals surface area contributed by atoms with Crippen LogP contribution in [0.2, 0.25) is 0 Å². The minimum Gasteiger partial charge on any atom is -0.381 e. The summed E-state index contributed by atoms with van der Waals surface area (Å²) in [5.74, 6) is -3.06. The number of hydrogen-bond donors (Lipinski definition) is 3. The first-order valence-electron chi connectivity index (χ1n) is 23.0. The van der Waals surface area contributed by atoms with E-state index < -0.39 is 52.3 Å². The van der Waals surface area contributed by atoms with Crippen molar-refractivity contribution in [2.75, 3.05) is 67.0 Å². The Bertz CT molecular complexity index is 2760. The molecule has 350 valence electrons. The van der Waals surface area contributed by atoms with Crippen LogP contribution < -0.4 is 19.8 Å². The summed E-state index contributed by atoms with van der Waals surface area (Å²) < 4.78 is 67.3. The number of halogens is 3. The number of amides is 3. The molecule has 3 unspecified atom stereocenters. The van der Waals surface area contributed by atoms with Crippen molar-refractivity contribution in [2.45, 2.75) is 63.7 Å². The summed E-state index contributed by atoms with van der Waals surface area (Å²) in [4.78, 5) is 64.7. The minimum atomic E-state index is -1.98. The fourth-order valence-electron chi connectivity index (χ4n) is 10.1. The summed E-state index contributed by atoms with van der Waals surface area (Å²) in [7, 11) is 0. The van der Waals surface area contributed by atoms with E-state index >= 15 is 8.78 Å². The molecule has 18 heteroatoms. The molecular formula is C49H51F3N8O6S. The van der Waals surface area contributed by atoms with Gasteiger partial charge in [-0.1, -0.05) is 12.1 Å². The Morgan fingerprint density at radius 3 is 2.22 bits per heavy atom. The Morgan fingerprint density at radius 2 is 1.54 bits per heavy atom. The topological polar surface area (TPSA) is 160 Å². The van der Waals surface area contributed by atoms with Crippen molar-refractivity contribution in [1.82, 2.24) is 24.5 Å². The number of imide groups is 1. The smallest absolute Gasteiger partial charge is 0.255 e. The predicted octanol–water partition coefficient (Wildman–Crippen LogP) is 6.68. The van der Waals surface area contributed by atoms with Crippen LogP contribution in [0.25, 0.3) is 22.2 Å². The number of nitrogens with one attached hydrogen (secondary N) is 3. The predicted molar refractivity (Wildman–Crippen MR) is 247 cm³/mol. The number of ketones is 1. The van der Waals surface area contributed by atoms with E-state index in [-0.39, 0.29) is 49.0 Å². The van der Waals surface area contributed by atoms with Gasteiger partial charge >= 0.3 is 0 Å². The molecule has 3 aromatic carbocycles. The number of benzene rings is 3. The van der Waals surface area contributed by atoms with E-state index in [1.165, 1.54) is 10.5 Å². The average Bonchev–Trinajstić information content (AvgIpc) is 4.06. The van der Waals surface area contributed by atoms with E-state index in [4.69, 9.17) is 4.74 Å². The third kappa shape index (κ3) is 9.18. The number of carbonyl (C=O) groups excluding carboxylic acids is 4. The fourth-order valence-corrected chi connectivity index (χ4v) is 11.1. The zero-order chi connectivity index (χ0) is 46.3. The highest BCUT2D eigenvalue weighted by Gasteiger charge is 2.39. The third-order valence-corrected chi connectivity index (χ3v) is 15.2. The summed E-state index contributed by atoms with van der Waals surface area (Å²) in [6, 6.07) is 17.2. The second kappa shape index (κ2) is 18.9. The quantitative estimate of drug-likeness (QED) is 0.0865. The van der Waals surface area contributed by atoms with Gasteiger partial charge in [0.2, 0.25) is 17.6 Å². The van der Waals surface area contributed by atoms with Gasteiger partial charge in [-0.25, -0.2) is 26.7 Å². The molecule has 0 radical (unpaired) electrons. The molecule has 7 heterocycles. The highest BCUT2D eigenvalue weighted by Crippen LogP contribution is 2.34. The Hall–Kier alpha value is -6.11. The fraction of sp³-hybridized carbons (Fsp3) is 0.408. The molecule has 3 amide bonds. The van der Waals surface area contributed by atoms with Gasteiger partial charge < -0.3 is 24.4 Å². The largest absolute Gasteiger partial charge is 0.381 e. The molecule has 10 rings (SSSR count). The van der Waals surface area contributed by atoms with Gasteiger partial charge in [0.05, 0.1) is 11.3 Å². The number of alkyl halides is 1. The molecule has 3 atom stereocenters. The lowest BCUT2D eigenvalue weighted by Crippen LogP contribution is -2.52. The van der Waals surface area contributed by atoms with E-state index in [1.54, 1.807) is 17.2 Å². The third-order valence-electron chi connectivity index (χ3n) is 14.0. The van der Waals surface area contributed by atoms with Crippen LogP contribution in [-0.4, -0.2) is 112 Å². The molecule has 67 heavy (non-hydrogen) atoms. The van der Waals surface area contributed by atoms with Crippen molar-refractivity contribution in [3.8, 4) is 11.1 Å². The second-order valence-electron chi connectivity index (χ2n) is 18.2. The standard InChI is InChI=1S/C49H51F3N8O6S/c50-34-15-20-59(26-34)67(65)56-41-8-7-40(51)44(45(41)52)46(62)39-24-54-47-38(39)22-32(23-53-47)31-1-3-35(4-2-31)57-16-11-29(12-17-57)27-66-28-30-13-18-58(19-14-30)36-5-6-37-33(21-36)25-60(49(37)64)42-9-10-43(61)55-48(42)63/h1-8,21-24,29-30,34,42,56H,9-20,25-28H2,(H,53,54)(H,55,61,63). The molecule has 4 fully saturated rings. The van der Waals surface area contributed by atoms with Crippen molar-refractivity contribution in [2.24, 2.45) is 11.8 Å². The molecule has 2 aromatic heterocycles. The molecule has 5 aliphatic rings. The number of fused-ring (bicyclic) bond motifs is 2. The first-order chi connectivity index (χ1) is 32.5. The number of hydrogen-bond acceptors (Lipinski definition) is 9. The number of aromatic nitrogens is 2. The summed E-state index contributed by atoms with van der Waals surface area (Å²) in [5.41, 5.74) is 4.58. The number of pyridine rings is 1. The Labute approximate surface area is 387 Å². The van der Waals surface area contributed by atoms with Crippen molar-refractivity contribution in [3.63, 3.8) is 0 Å². The van der Waals surface area contributed by atoms with E-state index in [9.17, 15) is 27.8 Å². The molecule has 14 nitrogen and oxygen atoms in total. The number of ether oxygens (including phenoxy) is 1. The highest BCUT2D eigenvalue weighted by atomic mass is 32.2. The first-order valence-corrected chi connectivity index (χ1v) is 24.1. The maximum absolute atomic E-state index is 15.7. The monoisotopic (exact) mass is 936 g/mol. The van der Waals surface area contributed by atoms with Gasteiger partial charge in [-0.15, -0.1) is 0 Å². The summed E-state index contributed by atoms with van der Waals surface area (Å²) in [5, 5.41) is 2.76. The number of nitrogens with zero attached hydrogens (tertiary/aromatic N) is 5. The van der Waals surface area contributed by atoms with Crippen LogP contribution in [0.5, 0.6) is 0 Å². The van der Waals surface area contributed by atoms with E-state index in [2.05, 4.69) is 48.0 Å². The molecule has 3 N–H and O–H groups in total.